The number of carbonyl (C=O) groups excluding carboxylic acids is 2. The molecule has 1 aromatic heterocycles. The number of nitrogens with zero attached hydrogens (tertiary/aromatic N) is 5. The van der Waals surface area contributed by atoms with Crippen molar-refractivity contribution in [2.45, 2.75) is 20.8 Å². The van der Waals surface area contributed by atoms with Gasteiger partial charge in [0, 0.05) is 39.3 Å². The Morgan fingerprint density at radius 3 is 2.29 bits per heavy atom. The lowest BCUT2D eigenvalue weighted by Crippen LogP contribution is -2.51. The van der Waals surface area contributed by atoms with Gasteiger partial charge < -0.3 is 9.80 Å². The van der Waals surface area contributed by atoms with Crippen LogP contribution in [0.5, 0.6) is 0 Å². The number of rotatable bonds is 6. The first-order valence-electron chi connectivity index (χ1n) is 9.94. The molecular formula is C21H29N5O2. The number of para-hydroxylation sites is 1. The molecule has 7 nitrogen and oxygen atoms in total. The van der Waals surface area contributed by atoms with Crippen LogP contribution < -0.4 is 0 Å². The van der Waals surface area contributed by atoms with Gasteiger partial charge in [-0.1, -0.05) is 18.2 Å². The zero-order valence-electron chi connectivity index (χ0n) is 17.0. The number of aromatic nitrogens is 2. The highest BCUT2D eigenvalue weighted by Crippen LogP contribution is 2.17. The molecule has 0 bridgehead atoms. The predicted octanol–water partition coefficient (Wildman–Crippen LogP) is 1.81. The summed E-state index contributed by atoms with van der Waals surface area (Å²) in [4.78, 5) is 31.1. The van der Waals surface area contributed by atoms with E-state index >= 15 is 0 Å². The van der Waals surface area contributed by atoms with E-state index in [9.17, 15) is 9.59 Å². The van der Waals surface area contributed by atoms with Crippen LogP contribution in [0, 0.1) is 6.92 Å². The molecule has 1 aliphatic heterocycles. The van der Waals surface area contributed by atoms with Crippen molar-refractivity contribution in [3.05, 3.63) is 47.8 Å². The highest BCUT2D eigenvalue weighted by atomic mass is 16.2. The molecule has 0 N–H and O–H groups in total. The van der Waals surface area contributed by atoms with Gasteiger partial charge in [0.15, 0.2) is 0 Å². The third kappa shape index (κ3) is 4.25. The molecule has 0 atom stereocenters. The number of carbonyl (C=O) groups is 2. The second-order valence-electron chi connectivity index (χ2n) is 7.03. The predicted molar refractivity (Wildman–Crippen MR) is 109 cm³/mol. The molecule has 0 spiro atoms. The molecule has 1 aromatic carbocycles. The number of hydrogen-bond donors (Lipinski definition) is 0. The lowest BCUT2D eigenvalue weighted by molar-refractivity contribution is -0.132. The standard InChI is InChI=1S/C21H29N5O2/c1-4-24(5-2)20(27)16-23-11-13-25(14-12-23)21(28)19-15-22-26(17(19)3)18-9-7-6-8-10-18/h6-10,15H,4-5,11-14,16H2,1-3H3. The van der Waals surface area contributed by atoms with Crippen LogP contribution in [0.1, 0.15) is 29.9 Å². The summed E-state index contributed by atoms with van der Waals surface area (Å²) in [5.74, 6) is 0.166. The van der Waals surface area contributed by atoms with E-state index in [2.05, 4.69) is 10.00 Å². The first-order chi connectivity index (χ1) is 13.5. The van der Waals surface area contributed by atoms with Crippen LogP contribution in [0.3, 0.4) is 0 Å². The number of piperazine rings is 1. The third-order valence-electron chi connectivity index (χ3n) is 5.38. The molecule has 2 amide bonds. The number of likely N-dealkylation sites (N-methyl/N-ethyl adjacent to an activating group) is 1. The first-order valence-corrected chi connectivity index (χ1v) is 9.94. The van der Waals surface area contributed by atoms with Crippen molar-refractivity contribution in [3.63, 3.8) is 0 Å². The van der Waals surface area contributed by atoms with Crippen molar-refractivity contribution in [2.75, 3.05) is 45.8 Å². The molecule has 1 fully saturated rings. The third-order valence-corrected chi connectivity index (χ3v) is 5.38. The summed E-state index contributed by atoms with van der Waals surface area (Å²) >= 11 is 0. The lowest BCUT2D eigenvalue weighted by atomic mass is 10.2. The highest BCUT2D eigenvalue weighted by Gasteiger charge is 2.26. The van der Waals surface area contributed by atoms with Crippen LogP contribution in [-0.4, -0.2) is 82.1 Å². The van der Waals surface area contributed by atoms with Crippen molar-refractivity contribution in [3.8, 4) is 5.69 Å². The Bertz CT molecular complexity index is 805. The van der Waals surface area contributed by atoms with E-state index < -0.39 is 0 Å². The van der Waals surface area contributed by atoms with Gasteiger partial charge in [0.2, 0.25) is 5.91 Å². The van der Waals surface area contributed by atoms with Crippen molar-refractivity contribution in [1.29, 1.82) is 0 Å². The summed E-state index contributed by atoms with van der Waals surface area (Å²) in [6, 6.07) is 9.81. The summed E-state index contributed by atoms with van der Waals surface area (Å²) in [6.45, 7) is 10.5. The van der Waals surface area contributed by atoms with E-state index in [1.807, 2.05) is 60.9 Å². The Balaban J connectivity index is 1.60. The van der Waals surface area contributed by atoms with Crippen LogP contribution in [-0.2, 0) is 4.79 Å². The summed E-state index contributed by atoms with van der Waals surface area (Å²) in [5.41, 5.74) is 2.42. The number of amides is 2. The Labute approximate surface area is 166 Å². The molecule has 7 heteroatoms. The summed E-state index contributed by atoms with van der Waals surface area (Å²) < 4.78 is 1.80. The molecule has 0 saturated carbocycles. The van der Waals surface area contributed by atoms with E-state index in [1.54, 1.807) is 10.9 Å². The van der Waals surface area contributed by atoms with Gasteiger partial charge in [-0.3, -0.25) is 14.5 Å². The van der Waals surface area contributed by atoms with Crippen LogP contribution in [0.4, 0.5) is 0 Å². The molecule has 1 saturated heterocycles. The van der Waals surface area contributed by atoms with Crippen molar-refractivity contribution < 1.29 is 9.59 Å². The topological polar surface area (TPSA) is 61.7 Å². The van der Waals surface area contributed by atoms with Gasteiger partial charge >= 0.3 is 0 Å². The monoisotopic (exact) mass is 383 g/mol. The second-order valence-corrected chi connectivity index (χ2v) is 7.03. The SMILES string of the molecule is CCN(CC)C(=O)CN1CCN(C(=O)c2cnn(-c3ccccc3)c2C)CC1. The van der Waals surface area contributed by atoms with Gasteiger partial charge in [-0.15, -0.1) is 0 Å². The maximum absolute atomic E-state index is 13.0. The molecule has 0 aliphatic carbocycles. The fraction of sp³-hybridized carbons (Fsp3) is 0.476. The van der Waals surface area contributed by atoms with E-state index in [0.29, 0.717) is 38.3 Å². The molecule has 1 aliphatic rings. The minimum absolute atomic E-state index is 0.00870. The molecular weight excluding hydrogens is 354 g/mol. The van der Waals surface area contributed by atoms with Gasteiger partial charge in [-0.2, -0.15) is 5.10 Å². The van der Waals surface area contributed by atoms with Crippen LogP contribution >= 0.6 is 0 Å². The summed E-state index contributed by atoms with van der Waals surface area (Å²) in [6.07, 6.45) is 1.65. The molecule has 3 rings (SSSR count). The summed E-state index contributed by atoms with van der Waals surface area (Å²) in [7, 11) is 0. The average Bonchev–Trinajstić information content (AvgIpc) is 3.11. The maximum Gasteiger partial charge on any atom is 0.257 e. The normalized spacial score (nSPS) is 14.9. The van der Waals surface area contributed by atoms with Gasteiger partial charge in [0.05, 0.1) is 29.7 Å². The van der Waals surface area contributed by atoms with Crippen molar-refractivity contribution in [2.24, 2.45) is 0 Å². The molecule has 2 aromatic rings. The molecule has 2 heterocycles. The minimum Gasteiger partial charge on any atom is -0.342 e. The van der Waals surface area contributed by atoms with Gasteiger partial charge in [0.25, 0.3) is 5.91 Å². The van der Waals surface area contributed by atoms with Crippen LogP contribution in [0.2, 0.25) is 0 Å². The molecule has 0 unspecified atom stereocenters. The number of benzene rings is 1. The fourth-order valence-corrected chi connectivity index (χ4v) is 3.60. The fourth-order valence-electron chi connectivity index (χ4n) is 3.60. The van der Waals surface area contributed by atoms with Gasteiger partial charge in [-0.25, -0.2) is 4.68 Å². The largest absolute Gasteiger partial charge is 0.342 e. The molecule has 28 heavy (non-hydrogen) atoms. The second kappa shape index (κ2) is 9.01. The van der Waals surface area contributed by atoms with Gasteiger partial charge in [0.1, 0.15) is 0 Å². The Morgan fingerprint density at radius 2 is 1.68 bits per heavy atom. The van der Waals surface area contributed by atoms with Gasteiger partial charge in [-0.05, 0) is 32.9 Å². The van der Waals surface area contributed by atoms with E-state index in [-0.39, 0.29) is 11.8 Å². The smallest absolute Gasteiger partial charge is 0.257 e. The van der Waals surface area contributed by atoms with Crippen LogP contribution in [0.15, 0.2) is 36.5 Å². The quantitative estimate of drug-likeness (QED) is 0.763. The maximum atomic E-state index is 13.0. The van der Waals surface area contributed by atoms with Crippen molar-refractivity contribution >= 4 is 11.8 Å². The number of hydrogen-bond acceptors (Lipinski definition) is 4. The van der Waals surface area contributed by atoms with Crippen LogP contribution in [0.25, 0.3) is 5.69 Å². The van der Waals surface area contributed by atoms with E-state index in [1.165, 1.54) is 0 Å². The Morgan fingerprint density at radius 1 is 1.04 bits per heavy atom. The van der Waals surface area contributed by atoms with E-state index in [4.69, 9.17) is 0 Å². The zero-order chi connectivity index (χ0) is 20.1. The molecule has 150 valence electrons. The minimum atomic E-state index is 0.00870. The Kier molecular flexibility index (Phi) is 6.46. The molecule has 0 radical (unpaired) electrons. The Hall–Kier alpha value is -2.67. The highest BCUT2D eigenvalue weighted by molar-refractivity contribution is 5.95. The zero-order valence-corrected chi connectivity index (χ0v) is 17.0. The first kappa shape index (κ1) is 20.1. The van der Waals surface area contributed by atoms with E-state index in [0.717, 1.165) is 24.5 Å². The van der Waals surface area contributed by atoms with Crippen molar-refractivity contribution in [1.82, 2.24) is 24.5 Å². The lowest BCUT2D eigenvalue weighted by Gasteiger charge is -2.35. The summed E-state index contributed by atoms with van der Waals surface area (Å²) in [5, 5.41) is 4.40. The average molecular weight is 383 g/mol.